The number of rotatable bonds is 15. The molecule has 5 rings (SSSR count). The Morgan fingerprint density at radius 3 is 2.53 bits per heavy atom. The fraction of sp³-hybridized carbons (Fsp3) is 0.514. The minimum atomic E-state index is -0.976. The van der Waals surface area contributed by atoms with E-state index in [2.05, 4.69) is 26.3 Å². The van der Waals surface area contributed by atoms with Crippen LogP contribution in [0.3, 0.4) is 0 Å². The zero-order valence-electron chi connectivity index (χ0n) is 27.7. The Balaban J connectivity index is 1.34. The van der Waals surface area contributed by atoms with Gasteiger partial charge in [-0.25, -0.2) is 4.98 Å². The van der Waals surface area contributed by atoms with Crippen molar-refractivity contribution in [3.8, 4) is 5.75 Å². The van der Waals surface area contributed by atoms with Crippen LogP contribution >= 0.6 is 22.9 Å². The quantitative estimate of drug-likeness (QED) is 0.149. The summed E-state index contributed by atoms with van der Waals surface area (Å²) in [6.07, 6.45) is 3.71. The normalized spacial score (nSPS) is 18.0. The van der Waals surface area contributed by atoms with E-state index in [4.69, 9.17) is 26.8 Å². The molecule has 2 aliphatic rings. The molecule has 3 aromatic rings. The SMILES string of the molecule is CCC(=O)N[C@H](Cc1nc2ccc(Cl)cc2s1)C(=O)N[C@H](C(=O)N[C@@H](CCCCN)C(=O)N[C@@H]1CCOc2ccccc21)C1CCOCC1. The number of ether oxygens (including phenoxy) is 2. The van der Waals surface area contributed by atoms with Gasteiger partial charge in [0.05, 0.1) is 27.9 Å². The van der Waals surface area contributed by atoms with E-state index in [0.717, 1.165) is 21.5 Å². The van der Waals surface area contributed by atoms with E-state index in [1.165, 1.54) is 11.3 Å². The molecular weight excluding hydrogens is 668 g/mol. The van der Waals surface area contributed by atoms with Crippen LogP contribution in [0.4, 0.5) is 0 Å². The van der Waals surface area contributed by atoms with Crippen molar-refractivity contribution in [3.05, 3.63) is 58.1 Å². The van der Waals surface area contributed by atoms with E-state index >= 15 is 0 Å². The number of nitrogens with two attached hydrogens (primary N) is 1. The van der Waals surface area contributed by atoms with Crippen molar-refractivity contribution >= 4 is 56.8 Å². The zero-order chi connectivity index (χ0) is 34.8. The van der Waals surface area contributed by atoms with Gasteiger partial charge in [-0.2, -0.15) is 0 Å². The van der Waals surface area contributed by atoms with Crippen molar-refractivity contribution in [1.82, 2.24) is 26.3 Å². The summed E-state index contributed by atoms with van der Waals surface area (Å²) < 4.78 is 12.2. The number of amides is 4. The molecule has 264 valence electrons. The predicted molar refractivity (Wildman–Crippen MR) is 188 cm³/mol. The van der Waals surface area contributed by atoms with Crippen LogP contribution in [0.5, 0.6) is 5.75 Å². The third-order valence-corrected chi connectivity index (χ3v) is 10.2. The first kappa shape index (κ1) is 36.5. The average molecular weight is 713 g/mol. The number of aromatic nitrogens is 1. The summed E-state index contributed by atoms with van der Waals surface area (Å²) >= 11 is 7.56. The van der Waals surface area contributed by atoms with Crippen molar-refractivity contribution in [2.75, 3.05) is 26.4 Å². The summed E-state index contributed by atoms with van der Waals surface area (Å²) in [4.78, 5) is 59.0. The Kier molecular flexibility index (Phi) is 13.2. The van der Waals surface area contributed by atoms with Gasteiger partial charge < -0.3 is 36.5 Å². The molecular formula is C35H45ClN6O6S. The zero-order valence-corrected chi connectivity index (χ0v) is 29.2. The van der Waals surface area contributed by atoms with Crippen LogP contribution in [0.25, 0.3) is 10.2 Å². The monoisotopic (exact) mass is 712 g/mol. The first-order valence-corrected chi connectivity index (χ1v) is 18.2. The van der Waals surface area contributed by atoms with Crippen molar-refractivity contribution in [2.45, 2.75) is 82.5 Å². The second kappa shape index (κ2) is 17.7. The largest absolute Gasteiger partial charge is 0.493 e. The second-order valence-electron chi connectivity index (χ2n) is 12.4. The minimum Gasteiger partial charge on any atom is -0.493 e. The van der Waals surface area contributed by atoms with Gasteiger partial charge in [0.25, 0.3) is 0 Å². The van der Waals surface area contributed by atoms with E-state index in [-0.39, 0.29) is 36.6 Å². The Morgan fingerprint density at radius 1 is 0.959 bits per heavy atom. The molecule has 0 radical (unpaired) electrons. The van der Waals surface area contributed by atoms with Crippen LogP contribution in [0, 0.1) is 5.92 Å². The van der Waals surface area contributed by atoms with Gasteiger partial charge in [0, 0.05) is 43.1 Å². The molecule has 2 aromatic carbocycles. The van der Waals surface area contributed by atoms with Gasteiger partial charge in [-0.3, -0.25) is 19.2 Å². The average Bonchev–Trinajstić information content (AvgIpc) is 3.51. The van der Waals surface area contributed by atoms with Crippen LogP contribution in [-0.4, -0.2) is 73.1 Å². The lowest BCUT2D eigenvalue weighted by molar-refractivity contribution is -0.135. The number of carbonyl (C=O) groups excluding carboxylic acids is 4. The molecule has 0 aliphatic carbocycles. The van der Waals surface area contributed by atoms with E-state index in [1.807, 2.05) is 36.4 Å². The molecule has 0 saturated carbocycles. The number of carbonyl (C=O) groups is 4. The molecule has 0 spiro atoms. The van der Waals surface area contributed by atoms with Gasteiger partial charge in [0.15, 0.2) is 0 Å². The lowest BCUT2D eigenvalue weighted by Crippen LogP contribution is -2.59. The van der Waals surface area contributed by atoms with Gasteiger partial charge in [-0.1, -0.05) is 36.7 Å². The molecule has 4 amide bonds. The molecule has 1 aromatic heterocycles. The van der Waals surface area contributed by atoms with Crippen molar-refractivity contribution < 1.29 is 28.7 Å². The van der Waals surface area contributed by atoms with E-state index < -0.39 is 29.9 Å². The summed E-state index contributed by atoms with van der Waals surface area (Å²) in [6, 6.07) is 9.91. The Morgan fingerprint density at radius 2 is 1.76 bits per heavy atom. The molecule has 6 N–H and O–H groups in total. The van der Waals surface area contributed by atoms with Gasteiger partial charge >= 0.3 is 0 Å². The number of fused-ring (bicyclic) bond motifs is 2. The van der Waals surface area contributed by atoms with Crippen molar-refractivity contribution in [2.24, 2.45) is 11.7 Å². The minimum absolute atomic E-state index is 0.132. The molecule has 0 unspecified atom stereocenters. The van der Waals surface area contributed by atoms with Crippen LogP contribution in [0.1, 0.15) is 68.5 Å². The molecule has 49 heavy (non-hydrogen) atoms. The highest BCUT2D eigenvalue weighted by molar-refractivity contribution is 7.18. The highest BCUT2D eigenvalue weighted by atomic mass is 35.5. The highest BCUT2D eigenvalue weighted by Gasteiger charge is 2.36. The maximum absolute atomic E-state index is 14.1. The summed E-state index contributed by atoms with van der Waals surface area (Å²) in [7, 11) is 0. The predicted octanol–water partition coefficient (Wildman–Crippen LogP) is 3.55. The number of thiazole rings is 1. The molecule has 3 heterocycles. The molecule has 0 bridgehead atoms. The Labute approximate surface area is 295 Å². The molecule has 2 aliphatic heterocycles. The number of hydrogen-bond acceptors (Lipinski definition) is 9. The summed E-state index contributed by atoms with van der Waals surface area (Å²) in [6.45, 7) is 3.51. The summed E-state index contributed by atoms with van der Waals surface area (Å²) in [5, 5.41) is 13.1. The van der Waals surface area contributed by atoms with Crippen molar-refractivity contribution in [3.63, 3.8) is 0 Å². The Hall–Kier alpha value is -3.78. The third kappa shape index (κ3) is 9.90. The van der Waals surface area contributed by atoms with Crippen LogP contribution in [0.15, 0.2) is 42.5 Å². The number of benzene rings is 2. The maximum atomic E-state index is 14.1. The number of nitrogens with one attached hydrogen (secondary N) is 4. The van der Waals surface area contributed by atoms with Gasteiger partial charge in [-0.15, -0.1) is 11.3 Å². The first-order chi connectivity index (χ1) is 23.7. The number of unbranched alkanes of at least 4 members (excludes halogenated alkanes) is 1. The topological polar surface area (TPSA) is 174 Å². The lowest BCUT2D eigenvalue weighted by Gasteiger charge is -2.33. The third-order valence-electron chi connectivity index (χ3n) is 8.92. The van der Waals surface area contributed by atoms with E-state index in [0.29, 0.717) is 74.9 Å². The molecule has 1 fully saturated rings. The number of halogens is 1. The molecule has 1 saturated heterocycles. The van der Waals surface area contributed by atoms with Gasteiger partial charge in [-0.05, 0) is 68.8 Å². The second-order valence-corrected chi connectivity index (χ2v) is 14.0. The smallest absolute Gasteiger partial charge is 0.243 e. The summed E-state index contributed by atoms with van der Waals surface area (Å²) in [5.74, 6) is -1.09. The Bertz CT molecular complexity index is 1610. The van der Waals surface area contributed by atoms with Crippen LogP contribution in [-0.2, 0) is 30.3 Å². The number of hydrogen-bond donors (Lipinski definition) is 5. The standard InChI is InChI=1S/C35H45ClN6O6S/c1-2-30(43)38-27(20-31-39-25-11-10-22(36)19-29(25)49-31)34(45)42-32(21-12-16-47-17-13-21)35(46)41-26(8-5-6-15-37)33(44)40-24-14-18-48-28-9-4-3-7-23(24)28/h3-4,7,9-11,19,21,24,26-27,32H,2,5-6,8,12-18,20,37H2,1H3,(H,38,43)(H,40,44)(H,41,46)(H,42,45)/t24-,26+,27-,32+/m1/s1. The first-order valence-electron chi connectivity index (χ1n) is 17.0. The van der Waals surface area contributed by atoms with E-state index in [9.17, 15) is 19.2 Å². The number of nitrogens with zero attached hydrogens (tertiary/aromatic N) is 1. The maximum Gasteiger partial charge on any atom is 0.243 e. The molecule has 4 atom stereocenters. The van der Waals surface area contributed by atoms with Gasteiger partial charge in [0.1, 0.15) is 23.9 Å². The molecule has 14 heteroatoms. The summed E-state index contributed by atoms with van der Waals surface area (Å²) in [5.41, 5.74) is 7.38. The van der Waals surface area contributed by atoms with E-state index in [1.54, 1.807) is 13.0 Å². The fourth-order valence-electron chi connectivity index (χ4n) is 6.20. The lowest BCUT2D eigenvalue weighted by atomic mass is 9.90. The van der Waals surface area contributed by atoms with Gasteiger partial charge in [0.2, 0.25) is 23.6 Å². The van der Waals surface area contributed by atoms with Crippen LogP contribution in [0.2, 0.25) is 5.02 Å². The van der Waals surface area contributed by atoms with Crippen LogP contribution < -0.4 is 31.7 Å². The van der Waals surface area contributed by atoms with Crippen molar-refractivity contribution in [1.29, 1.82) is 0 Å². The highest BCUT2D eigenvalue weighted by Crippen LogP contribution is 2.32. The fourth-order valence-corrected chi connectivity index (χ4v) is 7.49. The molecule has 12 nitrogen and oxygen atoms in total. The number of para-hydroxylation sites is 1.